The van der Waals surface area contributed by atoms with Crippen molar-refractivity contribution in [2.75, 3.05) is 19.6 Å². The minimum atomic E-state index is 0.642. The maximum Gasteiger partial charge on any atom is 0.0635 e. The number of piperidine rings is 1. The van der Waals surface area contributed by atoms with Crippen LogP contribution in [0.4, 0.5) is 0 Å². The fourth-order valence-corrected chi connectivity index (χ4v) is 2.80. The third-order valence-electron chi connectivity index (χ3n) is 3.50. The van der Waals surface area contributed by atoms with Crippen molar-refractivity contribution in [1.82, 2.24) is 10.2 Å². The normalized spacial score (nSPS) is 32.5. The van der Waals surface area contributed by atoms with E-state index in [1.165, 1.54) is 38.8 Å². The highest BCUT2D eigenvalue weighted by atomic mass is 15.2. The Labute approximate surface area is 86.1 Å². The van der Waals surface area contributed by atoms with E-state index >= 15 is 0 Å². The maximum absolute atomic E-state index is 8.47. The zero-order chi connectivity index (χ0) is 9.80. The topological polar surface area (TPSA) is 39.1 Å². The van der Waals surface area contributed by atoms with Gasteiger partial charge in [0.1, 0.15) is 0 Å². The molecule has 0 aromatic carbocycles. The number of nitrogens with zero attached hydrogens (tertiary/aromatic N) is 2. The van der Waals surface area contributed by atoms with Gasteiger partial charge in [0.05, 0.1) is 6.07 Å². The molecule has 2 unspecified atom stereocenters. The second-order valence-electron chi connectivity index (χ2n) is 4.36. The Kier molecular flexibility index (Phi) is 3.39. The fourth-order valence-electron chi connectivity index (χ4n) is 2.80. The van der Waals surface area contributed by atoms with Crippen LogP contribution in [0.1, 0.15) is 32.1 Å². The second kappa shape index (κ2) is 4.77. The van der Waals surface area contributed by atoms with Crippen LogP contribution in [0.15, 0.2) is 0 Å². The summed E-state index contributed by atoms with van der Waals surface area (Å²) < 4.78 is 0. The van der Waals surface area contributed by atoms with E-state index in [4.69, 9.17) is 5.26 Å². The Morgan fingerprint density at radius 3 is 3.07 bits per heavy atom. The highest BCUT2D eigenvalue weighted by molar-refractivity contribution is 4.94. The first kappa shape index (κ1) is 9.95. The first-order valence-electron chi connectivity index (χ1n) is 5.76. The molecule has 0 saturated carbocycles. The average Bonchev–Trinajstić information content (AvgIpc) is 2.63. The lowest BCUT2D eigenvalue weighted by Crippen LogP contribution is -2.45. The fraction of sp³-hybridized carbons (Fsp3) is 0.909. The number of rotatable bonds is 3. The van der Waals surface area contributed by atoms with Crippen LogP contribution in [0.25, 0.3) is 0 Å². The van der Waals surface area contributed by atoms with E-state index in [-0.39, 0.29) is 0 Å². The van der Waals surface area contributed by atoms with Crippen LogP contribution in [-0.2, 0) is 0 Å². The molecule has 0 spiro atoms. The third kappa shape index (κ3) is 2.08. The molecule has 0 amide bonds. The highest BCUT2D eigenvalue weighted by Crippen LogP contribution is 2.26. The summed E-state index contributed by atoms with van der Waals surface area (Å²) in [7, 11) is 0. The maximum atomic E-state index is 8.47. The zero-order valence-corrected chi connectivity index (χ0v) is 8.71. The van der Waals surface area contributed by atoms with E-state index in [1.54, 1.807) is 0 Å². The van der Waals surface area contributed by atoms with E-state index in [1.807, 2.05) is 0 Å². The largest absolute Gasteiger partial charge is 0.311 e. The predicted molar refractivity (Wildman–Crippen MR) is 55.8 cm³/mol. The van der Waals surface area contributed by atoms with Crippen LogP contribution in [0.5, 0.6) is 0 Å². The molecule has 0 bridgehead atoms. The summed E-state index contributed by atoms with van der Waals surface area (Å²) in [6.45, 7) is 3.42. The molecule has 3 nitrogen and oxygen atoms in total. The quantitative estimate of drug-likeness (QED) is 0.683. The lowest BCUT2D eigenvalue weighted by atomic mass is 9.99. The molecule has 3 heteroatoms. The predicted octanol–water partition coefficient (Wildman–Crippen LogP) is 1.12. The van der Waals surface area contributed by atoms with Crippen molar-refractivity contribution in [2.24, 2.45) is 0 Å². The molecule has 2 rings (SSSR count). The average molecular weight is 193 g/mol. The van der Waals surface area contributed by atoms with E-state index in [2.05, 4.69) is 16.3 Å². The third-order valence-corrected chi connectivity index (χ3v) is 3.50. The van der Waals surface area contributed by atoms with Crippen LogP contribution >= 0.6 is 0 Å². The monoisotopic (exact) mass is 193 g/mol. The van der Waals surface area contributed by atoms with Gasteiger partial charge in [0.25, 0.3) is 0 Å². The van der Waals surface area contributed by atoms with Gasteiger partial charge in [-0.2, -0.15) is 5.26 Å². The SMILES string of the molecule is N#CCCNC1CCN2CCCCC12. The minimum absolute atomic E-state index is 0.642. The van der Waals surface area contributed by atoms with Crippen LogP contribution in [-0.4, -0.2) is 36.6 Å². The molecule has 0 aliphatic carbocycles. The summed E-state index contributed by atoms with van der Waals surface area (Å²) >= 11 is 0. The van der Waals surface area contributed by atoms with Crippen molar-refractivity contribution in [3.05, 3.63) is 0 Å². The van der Waals surface area contributed by atoms with Crippen LogP contribution in [0.2, 0.25) is 0 Å². The molecule has 0 aromatic heterocycles. The molecule has 2 aliphatic rings. The minimum Gasteiger partial charge on any atom is -0.311 e. The lowest BCUT2D eigenvalue weighted by Gasteiger charge is -2.32. The first-order chi connectivity index (χ1) is 6.92. The van der Waals surface area contributed by atoms with Gasteiger partial charge in [-0.3, -0.25) is 4.90 Å². The molecular weight excluding hydrogens is 174 g/mol. The summed E-state index contributed by atoms with van der Waals surface area (Å²) in [5.74, 6) is 0. The van der Waals surface area contributed by atoms with Gasteiger partial charge in [0.15, 0.2) is 0 Å². The molecule has 2 fully saturated rings. The van der Waals surface area contributed by atoms with E-state index in [9.17, 15) is 0 Å². The van der Waals surface area contributed by atoms with E-state index in [0.717, 1.165) is 12.6 Å². The molecule has 78 valence electrons. The first-order valence-corrected chi connectivity index (χ1v) is 5.76. The summed E-state index contributed by atoms with van der Waals surface area (Å²) in [5, 5.41) is 12.0. The molecule has 2 atom stereocenters. The Balaban J connectivity index is 1.79. The Morgan fingerprint density at radius 1 is 1.29 bits per heavy atom. The number of nitrogens with one attached hydrogen (secondary N) is 1. The van der Waals surface area contributed by atoms with Gasteiger partial charge in [-0.15, -0.1) is 0 Å². The van der Waals surface area contributed by atoms with E-state index in [0.29, 0.717) is 12.5 Å². The van der Waals surface area contributed by atoms with Gasteiger partial charge >= 0.3 is 0 Å². The lowest BCUT2D eigenvalue weighted by molar-refractivity contribution is 0.181. The van der Waals surface area contributed by atoms with Gasteiger partial charge in [-0.1, -0.05) is 6.42 Å². The number of nitriles is 1. The van der Waals surface area contributed by atoms with Crippen LogP contribution in [0, 0.1) is 11.3 Å². The Morgan fingerprint density at radius 2 is 2.21 bits per heavy atom. The summed E-state index contributed by atoms with van der Waals surface area (Å²) in [6, 6.07) is 3.61. The number of hydrogen-bond donors (Lipinski definition) is 1. The molecular formula is C11H19N3. The van der Waals surface area contributed by atoms with Crippen molar-refractivity contribution in [3.8, 4) is 6.07 Å². The smallest absolute Gasteiger partial charge is 0.0635 e. The van der Waals surface area contributed by atoms with Crippen molar-refractivity contribution in [2.45, 2.75) is 44.2 Å². The van der Waals surface area contributed by atoms with Gasteiger partial charge in [0.2, 0.25) is 0 Å². The zero-order valence-electron chi connectivity index (χ0n) is 8.71. The molecule has 14 heavy (non-hydrogen) atoms. The number of hydrogen-bond acceptors (Lipinski definition) is 3. The molecule has 0 radical (unpaired) electrons. The van der Waals surface area contributed by atoms with Crippen LogP contribution < -0.4 is 5.32 Å². The van der Waals surface area contributed by atoms with Crippen molar-refractivity contribution in [3.63, 3.8) is 0 Å². The second-order valence-corrected chi connectivity index (χ2v) is 4.36. The number of fused-ring (bicyclic) bond motifs is 1. The Hall–Kier alpha value is -0.590. The summed E-state index contributed by atoms with van der Waals surface area (Å²) in [5.41, 5.74) is 0. The summed E-state index contributed by atoms with van der Waals surface area (Å²) in [6.07, 6.45) is 6.03. The molecule has 2 heterocycles. The van der Waals surface area contributed by atoms with Gasteiger partial charge in [-0.05, 0) is 25.8 Å². The van der Waals surface area contributed by atoms with Crippen molar-refractivity contribution >= 4 is 0 Å². The molecule has 2 aliphatic heterocycles. The van der Waals surface area contributed by atoms with E-state index < -0.39 is 0 Å². The molecule has 1 N–H and O–H groups in total. The van der Waals surface area contributed by atoms with Gasteiger partial charge in [0, 0.05) is 31.6 Å². The van der Waals surface area contributed by atoms with Crippen molar-refractivity contribution in [1.29, 1.82) is 5.26 Å². The standard InChI is InChI=1S/C11H19N3/c12-6-3-7-13-10-5-9-14-8-2-1-4-11(10)14/h10-11,13H,1-5,7-9H2. The van der Waals surface area contributed by atoms with Gasteiger partial charge < -0.3 is 5.32 Å². The summed E-state index contributed by atoms with van der Waals surface area (Å²) in [4.78, 5) is 2.62. The highest BCUT2D eigenvalue weighted by Gasteiger charge is 2.34. The van der Waals surface area contributed by atoms with Crippen LogP contribution in [0.3, 0.4) is 0 Å². The molecule has 2 saturated heterocycles. The van der Waals surface area contributed by atoms with Crippen molar-refractivity contribution < 1.29 is 0 Å². The van der Waals surface area contributed by atoms with Gasteiger partial charge in [-0.25, -0.2) is 0 Å². The Bertz CT molecular complexity index is 221. The molecule has 0 aromatic rings.